The Labute approximate surface area is 151 Å². The van der Waals surface area contributed by atoms with Gasteiger partial charge in [0.15, 0.2) is 0 Å². The fraction of sp³-hybridized carbons (Fsp3) is 0.263. The monoisotopic (exact) mass is 351 g/mol. The van der Waals surface area contributed by atoms with Crippen LogP contribution in [0, 0.1) is 13.8 Å². The first-order valence-electron chi connectivity index (χ1n) is 8.34. The molecule has 0 aliphatic rings. The number of amides is 2. The number of fused-ring (bicyclic) bond motifs is 1. The van der Waals surface area contributed by atoms with Gasteiger partial charge in [-0.05, 0) is 37.1 Å². The van der Waals surface area contributed by atoms with Crippen molar-refractivity contribution in [1.82, 2.24) is 19.9 Å². The third-order valence-corrected chi connectivity index (χ3v) is 4.26. The molecule has 1 aromatic heterocycles. The van der Waals surface area contributed by atoms with Crippen molar-refractivity contribution in [3.05, 3.63) is 53.6 Å². The zero-order valence-corrected chi connectivity index (χ0v) is 15.1. The molecule has 2 aromatic carbocycles. The molecule has 3 rings (SSSR count). The Morgan fingerprint density at radius 2 is 1.77 bits per heavy atom. The number of aromatic nitrogens is 3. The number of carbonyl (C=O) groups excluding carboxylic acids is 2. The lowest BCUT2D eigenvalue weighted by Crippen LogP contribution is -2.37. The van der Waals surface area contributed by atoms with E-state index in [0.717, 1.165) is 27.8 Å². The number of rotatable bonds is 5. The van der Waals surface area contributed by atoms with Crippen molar-refractivity contribution in [2.75, 3.05) is 18.9 Å². The van der Waals surface area contributed by atoms with Crippen LogP contribution < -0.4 is 5.32 Å². The highest BCUT2D eigenvalue weighted by atomic mass is 16.2. The molecule has 0 unspecified atom stereocenters. The lowest BCUT2D eigenvalue weighted by atomic mass is 10.1. The van der Waals surface area contributed by atoms with Crippen molar-refractivity contribution < 1.29 is 9.59 Å². The zero-order valence-electron chi connectivity index (χ0n) is 15.1. The number of carbonyl (C=O) groups is 2. The number of nitrogens with one attached hydrogen (secondary N) is 1. The molecule has 0 aliphatic carbocycles. The van der Waals surface area contributed by atoms with Crippen LogP contribution in [0.15, 0.2) is 42.5 Å². The lowest BCUT2D eigenvalue weighted by molar-refractivity contribution is -0.133. The van der Waals surface area contributed by atoms with Gasteiger partial charge in [-0.1, -0.05) is 35.5 Å². The van der Waals surface area contributed by atoms with E-state index in [4.69, 9.17) is 0 Å². The van der Waals surface area contributed by atoms with E-state index in [1.807, 2.05) is 56.3 Å². The number of nitrogens with zero attached hydrogens (tertiary/aromatic N) is 4. The maximum atomic E-state index is 12.4. The molecule has 0 fully saturated rings. The van der Waals surface area contributed by atoms with Crippen LogP contribution in [0.1, 0.15) is 11.1 Å². The smallest absolute Gasteiger partial charge is 0.244 e. The summed E-state index contributed by atoms with van der Waals surface area (Å²) in [4.78, 5) is 26.1. The van der Waals surface area contributed by atoms with E-state index >= 15 is 0 Å². The topological polar surface area (TPSA) is 80.1 Å². The number of benzene rings is 2. The number of aryl methyl sites for hydroxylation is 2. The molecule has 3 aromatic rings. The Morgan fingerprint density at radius 3 is 2.50 bits per heavy atom. The molecule has 0 aliphatic heterocycles. The molecule has 0 saturated heterocycles. The van der Waals surface area contributed by atoms with E-state index in [0.29, 0.717) is 0 Å². The summed E-state index contributed by atoms with van der Waals surface area (Å²) in [5.74, 6) is -0.445. The first-order valence-corrected chi connectivity index (χ1v) is 8.34. The standard InChI is InChI=1S/C19H21N5O2/c1-13-7-6-8-14(2)19(13)20-17(25)11-23(3)18(26)12-24-16-10-5-4-9-15(16)21-22-24/h4-10H,11-12H2,1-3H3,(H,20,25). The molecule has 0 spiro atoms. The molecule has 26 heavy (non-hydrogen) atoms. The van der Waals surface area contributed by atoms with Crippen LogP contribution in [0.5, 0.6) is 0 Å². The Balaban J connectivity index is 1.63. The highest BCUT2D eigenvalue weighted by molar-refractivity contribution is 5.95. The van der Waals surface area contributed by atoms with Crippen LogP contribution in [0.2, 0.25) is 0 Å². The van der Waals surface area contributed by atoms with Crippen molar-refractivity contribution in [2.24, 2.45) is 0 Å². The number of anilines is 1. The first-order chi connectivity index (χ1) is 12.5. The molecule has 1 heterocycles. The van der Waals surface area contributed by atoms with Crippen molar-refractivity contribution in [3.8, 4) is 0 Å². The SMILES string of the molecule is Cc1cccc(C)c1NC(=O)CN(C)C(=O)Cn1nnc2ccccc21. The third-order valence-electron chi connectivity index (χ3n) is 4.26. The van der Waals surface area contributed by atoms with Crippen molar-refractivity contribution >= 4 is 28.5 Å². The maximum Gasteiger partial charge on any atom is 0.244 e. The van der Waals surface area contributed by atoms with Crippen molar-refractivity contribution in [1.29, 1.82) is 0 Å². The average Bonchev–Trinajstić information content (AvgIpc) is 3.01. The van der Waals surface area contributed by atoms with Crippen LogP contribution >= 0.6 is 0 Å². The average molecular weight is 351 g/mol. The molecule has 1 N–H and O–H groups in total. The first kappa shape index (κ1) is 17.6. The van der Waals surface area contributed by atoms with E-state index < -0.39 is 0 Å². The van der Waals surface area contributed by atoms with Crippen LogP contribution in [0.4, 0.5) is 5.69 Å². The van der Waals surface area contributed by atoms with E-state index in [2.05, 4.69) is 15.6 Å². The van der Waals surface area contributed by atoms with Gasteiger partial charge >= 0.3 is 0 Å². The van der Waals surface area contributed by atoms with Crippen LogP contribution in [0.3, 0.4) is 0 Å². The number of para-hydroxylation sites is 2. The highest BCUT2D eigenvalue weighted by Crippen LogP contribution is 2.19. The van der Waals surface area contributed by atoms with Crippen molar-refractivity contribution in [2.45, 2.75) is 20.4 Å². The quantitative estimate of drug-likeness (QED) is 0.764. The predicted octanol–water partition coefficient (Wildman–Crippen LogP) is 2.15. The van der Waals surface area contributed by atoms with Gasteiger partial charge in [-0.3, -0.25) is 9.59 Å². The van der Waals surface area contributed by atoms with E-state index in [-0.39, 0.29) is 24.9 Å². The van der Waals surface area contributed by atoms with Gasteiger partial charge in [0.2, 0.25) is 11.8 Å². The molecule has 7 heteroatoms. The Morgan fingerprint density at radius 1 is 1.08 bits per heavy atom. The van der Waals surface area contributed by atoms with Gasteiger partial charge in [-0.15, -0.1) is 5.10 Å². The molecule has 0 saturated carbocycles. The Bertz CT molecular complexity index is 943. The van der Waals surface area contributed by atoms with Gasteiger partial charge in [0.05, 0.1) is 12.1 Å². The lowest BCUT2D eigenvalue weighted by Gasteiger charge is -2.18. The summed E-state index contributed by atoms with van der Waals surface area (Å²) in [6.45, 7) is 3.88. The van der Waals surface area contributed by atoms with E-state index in [9.17, 15) is 9.59 Å². The fourth-order valence-electron chi connectivity index (χ4n) is 2.78. The maximum absolute atomic E-state index is 12.4. The second-order valence-electron chi connectivity index (χ2n) is 6.30. The second kappa shape index (κ2) is 7.35. The largest absolute Gasteiger partial charge is 0.335 e. The number of hydrogen-bond donors (Lipinski definition) is 1. The number of likely N-dealkylation sites (N-methyl/N-ethyl adjacent to an activating group) is 1. The summed E-state index contributed by atoms with van der Waals surface area (Å²) in [6, 6.07) is 13.3. The summed E-state index contributed by atoms with van der Waals surface area (Å²) in [6.07, 6.45) is 0. The molecular weight excluding hydrogens is 330 g/mol. The molecular formula is C19H21N5O2. The minimum absolute atomic E-state index is 0.0285. The van der Waals surface area contributed by atoms with Gasteiger partial charge in [0.1, 0.15) is 12.1 Å². The fourth-order valence-corrected chi connectivity index (χ4v) is 2.78. The summed E-state index contributed by atoms with van der Waals surface area (Å²) in [5, 5.41) is 10.9. The molecule has 2 amide bonds. The summed E-state index contributed by atoms with van der Waals surface area (Å²) in [7, 11) is 1.60. The number of hydrogen-bond acceptors (Lipinski definition) is 4. The van der Waals surface area contributed by atoms with E-state index in [1.54, 1.807) is 7.05 Å². The van der Waals surface area contributed by atoms with Crippen LogP contribution in [-0.4, -0.2) is 45.3 Å². The van der Waals surface area contributed by atoms with Gasteiger partial charge in [0, 0.05) is 12.7 Å². The second-order valence-corrected chi connectivity index (χ2v) is 6.30. The third kappa shape index (κ3) is 3.72. The Kier molecular flexibility index (Phi) is 4.97. The zero-order chi connectivity index (χ0) is 18.7. The minimum Gasteiger partial charge on any atom is -0.335 e. The molecule has 0 bridgehead atoms. The highest BCUT2D eigenvalue weighted by Gasteiger charge is 2.16. The van der Waals surface area contributed by atoms with Crippen LogP contribution in [0.25, 0.3) is 11.0 Å². The predicted molar refractivity (Wildman–Crippen MR) is 99.7 cm³/mol. The van der Waals surface area contributed by atoms with Gasteiger partial charge < -0.3 is 10.2 Å². The van der Waals surface area contributed by atoms with Crippen LogP contribution in [-0.2, 0) is 16.1 Å². The Hall–Kier alpha value is -3.22. The molecule has 134 valence electrons. The summed E-state index contributed by atoms with van der Waals surface area (Å²) < 4.78 is 1.54. The van der Waals surface area contributed by atoms with Gasteiger partial charge in [0.25, 0.3) is 0 Å². The van der Waals surface area contributed by atoms with Crippen molar-refractivity contribution in [3.63, 3.8) is 0 Å². The molecule has 0 atom stereocenters. The van der Waals surface area contributed by atoms with E-state index in [1.165, 1.54) is 9.58 Å². The van der Waals surface area contributed by atoms with Gasteiger partial charge in [-0.25, -0.2) is 4.68 Å². The normalized spacial score (nSPS) is 10.7. The molecule has 0 radical (unpaired) electrons. The summed E-state index contributed by atoms with van der Waals surface area (Å²) >= 11 is 0. The minimum atomic E-state index is -0.235. The summed E-state index contributed by atoms with van der Waals surface area (Å²) in [5.41, 5.74) is 4.29. The molecule has 7 nitrogen and oxygen atoms in total. The van der Waals surface area contributed by atoms with Gasteiger partial charge in [-0.2, -0.15) is 0 Å².